The number of carbonyl (C=O) groups excluding carboxylic acids is 1. The summed E-state index contributed by atoms with van der Waals surface area (Å²) in [4.78, 5) is 16.8. The standard InChI is InChI=1S/C15H21N5O2/c1-9-8-12(10(2)22-9)14(21)18-15-17-13(19-20(15)3)11-4-6-16-7-5-11/h8,11,16H,4-7H2,1-3H3,(H,17,18,19,21). The smallest absolute Gasteiger partial charge is 0.261 e. The molecule has 7 heteroatoms. The van der Waals surface area contributed by atoms with Crippen molar-refractivity contribution >= 4 is 11.9 Å². The molecule has 0 aliphatic carbocycles. The molecule has 0 spiro atoms. The van der Waals surface area contributed by atoms with E-state index in [1.807, 2.05) is 6.92 Å². The van der Waals surface area contributed by atoms with E-state index < -0.39 is 0 Å². The van der Waals surface area contributed by atoms with Crippen LogP contribution in [0.3, 0.4) is 0 Å². The van der Waals surface area contributed by atoms with Crippen LogP contribution in [0.1, 0.15) is 46.5 Å². The van der Waals surface area contributed by atoms with E-state index in [2.05, 4.69) is 20.7 Å². The van der Waals surface area contributed by atoms with E-state index in [0.29, 0.717) is 23.2 Å². The lowest BCUT2D eigenvalue weighted by Crippen LogP contribution is -2.27. The fraction of sp³-hybridized carbons (Fsp3) is 0.533. The molecule has 0 unspecified atom stereocenters. The molecule has 2 aromatic rings. The minimum absolute atomic E-state index is 0.221. The number of rotatable bonds is 3. The molecule has 3 heterocycles. The van der Waals surface area contributed by atoms with Crippen molar-refractivity contribution < 1.29 is 9.21 Å². The Morgan fingerprint density at radius 2 is 2.14 bits per heavy atom. The molecule has 0 atom stereocenters. The Hall–Kier alpha value is -2.15. The fourth-order valence-electron chi connectivity index (χ4n) is 2.79. The number of piperidine rings is 1. The van der Waals surface area contributed by atoms with E-state index in [-0.39, 0.29) is 5.91 Å². The first-order valence-electron chi connectivity index (χ1n) is 7.54. The van der Waals surface area contributed by atoms with Crippen LogP contribution in [0.5, 0.6) is 0 Å². The number of aromatic nitrogens is 3. The summed E-state index contributed by atoms with van der Waals surface area (Å²) in [6.45, 7) is 5.57. The zero-order chi connectivity index (χ0) is 15.7. The fourth-order valence-corrected chi connectivity index (χ4v) is 2.79. The van der Waals surface area contributed by atoms with Gasteiger partial charge in [0.15, 0.2) is 5.82 Å². The number of furan rings is 1. The van der Waals surface area contributed by atoms with E-state index >= 15 is 0 Å². The van der Waals surface area contributed by atoms with Crippen LogP contribution in [0.15, 0.2) is 10.5 Å². The number of nitrogens with zero attached hydrogens (tertiary/aromatic N) is 3. The lowest BCUT2D eigenvalue weighted by molar-refractivity contribution is 0.102. The van der Waals surface area contributed by atoms with Gasteiger partial charge in [-0.1, -0.05) is 0 Å². The van der Waals surface area contributed by atoms with Gasteiger partial charge in [-0.3, -0.25) is 10.1 Å². The summed E-state index contributed by atoms with van der Waals surface area (Å²) in [5.74, 6) is 2.74. The highest BCUT2D eigenvalue weighted by molar-refractivity contribution is 6.04. The van der Waals surface area contributed by atoms with Gasteiger partial charge in [0, 0.05) is 13.0 Å². The molecule has 7 nitrogen and oxygen atoms in total. The van der Waals surface area contributed by atoms with Gasteiger partial charge in [0.25, 0.3) is 5.91 Å². The van der Waals surface area contributed by atoms with Crippen molar-refractivity contribution in [2.24, 2.45) is 7.05 Å². The van der Waals surface area contributed by atoms with Gasteiger partial charge in [0.2, 0.25) is 5.95 Å². The molecular weight excluding hydrogens is 282 g/mol. The largest absolute Gasteiger partial charge is 0.466 e. The Kier molecular flexibility index (Phi) is 3.98. The van der Waals surface area contributed by atoms with E-state index in [9.17, 15) is 4.79 Å². The zero-order valence-corrected chi connectivity index (χ0v) is 13.1. The van der Waals surface area contributed by atoms with Crippen molar-refractivity contribution in [3.05, 3.63) is 29.0 Å². The molecule has 2 N–H and O–H groups in total. The van der Waals surface area contributed by atoms with Crippen LogP contribution < -0.4 is 10.6 Å². The van der Waals surface area contributed by atoms with E-state index in [1.165, 1.54) is 0 Å². The quantitative estimate of drug-likeness (QED) is 0.902. The van der Waals surface area contributed by atoms with Crippen molar-refractivity contribution in [2.75, 3.05) is 18.4 Å². The highest BCUT2D eigenvalue weighted by Gasteiger charge is 2.22. The summed E-state index contributed by atoms with van der Waals surface area (Å²) in [5.41, 5.74) is 0.531. The average Bonchev–Trinajstić information content (AvgIpc) is 3.03. The van der Waals surface area contributed by atoms with Crippen molar-refractivity contribution in [3.8, 4) is 0 Å². The van der Waals surface area contributed by atoms with Crippen LogP contribution in [0.2, 0.25) is 0 Å². The van der Waals surface area contributed by atoms with E-state index in [1.54, 1.807) is 24.7 Å². The lowest BCUT2D eigenvalue weighted by Gasteiger charge is -2.19. The summed E-state index contributed by atoms with van der Waals surface area (Å²) in [6.07, 6.45) is 2.05. The van der Waals surface area contributed by atoms with Crippen molar-refractivity contribution in [3.63, 3.8) is 0 Å². The molecule has 118 valence electrons. The van der Waals surface area contributed by atoms with Crippen LogP contribution in [0.4, 0.5) is 5.95 Å². The number of nitrogens with one attached hydrogen (secondary N) is 2. The van der Waals surface area contributed by atoms with Gasteiger partial charge < -0.3 is 9.73 Å². The molecule has 0 aromatic carbocycles. The molecule has 0 bridgehead atoms. The van der Waals surface area contributed by atoms with E-state index in [0.717, 1.165) is 37.5 Å². The first kappa shape index (κ1) is 14.8. The Labute approximate surface area is 129 Å². The molecule has 1 aliphatic heterocycles. The SMILES string of the molecule is Cc1cc(C(=O)Nc2nc(C3CCNCC3)nn2C)c(C)o1. The third-order valence-electron chi connectivity index (χ3n) is 3.99. The maximum atomic E-state index is 12.3. The Balaban J connectivity index is 1.76. The number of hydrogen-bond donors (Lipinski definition) is 2. The molecular formula is C15H21N5O2. The van der Waals surface area contributed by atoms with Crippen molar-refractivity contribution in [1.29, 1.82) is 0 Å². The second-order valence-electron chi connectivity index (χ2n) is 5.72. The monoisotopic (exact) mass is 303 g/mol. The maximum absolute atomic E-state index is 12.3. The number of amides is 1. The summed E-state index contributed by atoms with van der Waals surface area (Å²) >= 11 is 0. The average molecular weight is 303 g/mol. The first-order chi connectivity index (χ1) is 10.5. The molecule has 22 heavy (non-hydrogen) atoms. The predicted molar refractivity (Wildman–Crippen MR) is 82.0 cm³/mol. The van der Waals surface area contributed by atoms with Gasteiger partial charge in [0.05, 0.1) is 5.56 Å². The van der Waals surface area contributed by atoms with Gasteiger partial charge in [0.1, 0.15) is 11.5 Å². The van der Waals surface area contributed by atoms with Crippen LogP contribution in [-0.2, 0) is 7.05 Å². The van der Waals surface area contributed by atoms with Gasteiger partial charge >= 0.3 is 0 Å². The highest BCUT2D eigenvalue weighted by Crippen LogP contribution is 2.23. The van der Waals surface area contributed by atoms with Crippen LogP contribution in [0.25, 0.3) is 0 Å². The lowest BCUT2D eigenvalue weighted by atomic mass is 9.98. The van der Waals surface area contributed by atoms with Crippen LogP contribution >= 0.6 is 0 Å². The maximum Gasteiger partial charge on any atom is 0.261 e. The van der Waals surface area contributed by atoms with Crippen molar-refractivity contribution in [1.82, 2.24) is 20.1 Å². The zero-order valence-electron chi connectivity index (χ0n) is 13.1. The predicted octanol–water partition coefficient (Wildman–Crippen LogP) is 1.74. The molecule has 3 rings (SSSR count). The van der Waals surface area contributed by atoms with Crippen LogP contribution in [0, 0.1) is 13.8 Å². The number of hydrogen-bond acceptors (Lipinski definition) is 5. The van der Waals surface area contributed by atoms with Crippen molar-refractivity contribution in [2.45, 2.75) is 32.6 Å². The second-order valence-corrected chi connectivity index (χ2v) is 5.72. The third-order valence-corrected chi connectivity index (χ3v) is 3.99. The number of aryl methyl sites for hydroxylation is 3. The highest BCUT2D eigenvalue weighted by atomic mass is 16.3. The minimum atomic E-state index is -0.221. The first-order valence-corrected chi connectivity index (χ1v) is 7.54. The molecule has 0 saturated carbocycles. The topological polar surface area (TPSA) is 85.0 Å². The summed E-state index contributed by atoms with van der Waals surface area (Å²) in [6, 6.07) is 1.73. The van der Waals surface area contributed by atoms with Gasteiger partial charge in [-0.25, -0.2) is 4.68 Å². The van der Waals surface area contributed by atoms with Gasteiger partial charge in [-0.15, -0.1) is 0 Å². The Bertz CT molecular complexity index is 682. The Morgan fingerprint density at radius 3 is 2.77 bits per heavy atom. The van der Waals surface area contributed by atoms with Gasteiger partial charge in [-0.2, -0.15) is 10.1 Å². The Morgan fingerprint density at radius 1 is 1.41 bits per heavy atom. The summed E-state index contributed by atoms with van der Waals surface area (Å²) in [5, 5.41) is 10.6. The second kappa shape index (κ2) is 5.92. The number of carbonyl (C=O) groups is 1. The molecule has 1 fully saturated rings. The van der Waals surface area contributed by atoms with Gasteiger partial charge in [-0.05, 0) is 45.8 Å². The molecule has 1 saturated heterocycles. The normalized spacial score (nSPS) is 16.0. The molecule has 2 aromatic heterocycles. The minimum Gasteiger partial charge on any atom is -0.466 e. The number of anilines is 1. The third kappa shape index (κ3) is 2.89. The summed E-state index contributed by atoms with van der Waals surface area (Å²) < 4.78 is 7.02. The molecule has 1 amide bonds. The van der Waals surface area contributed by atoms with E-state index in [4.69, 9.17) is 4.42 Å². The summed E-state index contributed by atoms with van der Waals surface area (Å²) in [7, 11) is 1.79. The molecule has 1 aliphatic rings. The van der Waals surface area contributed by atoms with Crippen LogP contribution in [-0.4, -0.2) is 33.8 Å². The molecule has 0 radical (unpaired) electrons.